The molecule has 0 spiro atoms. The first-order chi connectivity index (χ1) is 9.99. The van der Waals surface area contributed by atoms with Crippen LogP contribution in [0.2, 0.25) is 0 Å². The third-order valence-electron chi connectivity index (χ3n) is 3.17. The van der Waals surface area contributed by atoms with Gasteiger partial charge >= 0.3 is 0 Å². The van der Waals surface area contributed by atoms with E-state index in [4.69, 9.17) is 0 Å². The number of hydrogen-bond acceptors (Lipinski definition) is 1. The molecule has 0 saturated carbocycles. The summed E-state index contributed by atoms with van der Waals surface area (Å²) in [6.07, 6.45) is 4.65. The first kappa shape index (κ1) is 14.1. The third kappa shape index (κ3) is 2.31. The Labute approximate surface area is 125 Å². The zero-order chi connectivity index (χ0) is 15.1. The molecule has 2 nitrogen and oxygen atoms in total. The molecule has 3 aromatic rings. The highest BCUT2D eigenvalue weighted by molar-refractivity contribution is 9.10. The Hall–Kier alpha value is -1.89. The molecule has 108 valence electrons. The normalized spacial score (nSPS) is 11.3. The molecule has 0 aliphatic rings. The van der Waals surface area contributed by atoms with Crippen LogP contribution in [0.25, 0.3) is 10.9 Å². The topological polar surface area (TPSA) is 17.8 Å². The van der Waals surface area contributed by atoms with E-state index >= 15 is 0 Å². The molecule has 0 N–H and O–H groups in total. The summed E-state index contributed by atoms with van der Waals surface area (Å²) < 4.78 is 56.0. The molecular weight excluding hydrogens is 352 g/mol. The van der Waals surface area contributed by atoms with E-state index in [1.165, 1.54) is 10.8 Å². The summed E-state index contributed by atoms with van der Waals surface area (Å²) in [4.78, 5) is 3.93. The van der Waals surface area contributed by atoms with E-state index in [-0.39, 0.29) is 12.6 Å². The van der Waals surface area contributed by atoms with Crippen LogP contribution in [0, 0.1) is 23.3 Å². The number of hydrogen-bond donors (Lipinski definition) is 0. The Morgan fingerprint density at radius 1 is 1.10 bits per heavy atom. The van der Waals surface area contributed by atoms with Crippen molar-refractivity contribution in [2.45, 2.75) is 6.54 Å². The second kappa shape index (κ2) is 5.14. The van der Waals surface area contributed by atoms with Crippen LogP contribution in [0.3, 0.4) is 0 Å². The average molecular weight is 359 g/mol. The van der Waals surface area contributed by atoms with Crippen molar-refractivity contribution in [1.82, 2.24) is 9.55 Å². The minimum absolute atomic E-state index is 0.194. The van der Waals surface area contributed by atoms with Gasteiger partial charge in [0.05, 0.1) is 18.3 Å². The van der Waals surface area contributed by atoms with Crippen molar-refractivity contribution in [1.29, 1.82) is 0 Å². The maximum absolute atomic E-state index is 13.7. The van der Waals surface area contributed by atoms with E-state index in [9.17, 15) is 17.6 Å². The molecular formula is C14H7BrF4N2. The zero-order valence-electron chi connectivity index (χ0n) is 10.4. The van der Waals surface area contributed by atoms with Crippen molar-refractivity contribution in [3.63, 3.8) is 0 Å². The first-order valence-corrected chi connectivity index (χ1v) is 6.68. The predicted molar refractivity (Wildman–Crippen MR) is 72.8 cm³/mol. The van der Waals surface area contributed by atoms with Gasteiger partial charge in [0.2, 0.25) is 0 Å². The fourth-order valence-corrected chi connectivity index (χ4v) is 2.74. The van der Waals surface area contributed by atoms with E-state index in [0.717, 1.165) is 5.39 Å². The quantitative estimate of drug-likeness (QED) is 0.490. The van der Waals surface area contributed by atoms with Crippen molar-refractivity contribution in [2.24, 2.45) is 0 Å². The molecule has 7 heteroatoms. The lowest BCUT2D eigenvalue weighted by Gasteiger charge is -2.09. The molecule has 2 aromatic heterocycles. The highest BCUT2D eigenvalue weighted by Gasteiger charge is 2.20. The van der Waals surface area contributed by atoms with Crippen molar-refractivity contribution >= 4 is 26.8 Å². The summed E-state index contributed by atoms with van der Waals surface area (Å²) in [6.45, 7) is -0.347. The van der Waals surface area contributed by atoms with Crippen molar-refractivity contribution in [3.8, 4) is 0 Å². The molecule has 0 radical (unpaired) electrons. The molecule has 0 aliphatic heterocycles. The number of aromatic nitrogens is 2. The SMILES string of the molecule is Fc1cc(F)c(F)c(Cn2cc(Br)c3ccncc32)c1F. The van der Waals surface area contributed by atoms with Gasteiger partial charge in [-0.1, -0.05) is 0 Å². The van der Waals surface area contributed by atoms with Gasteiger partial charge in [-0.05, 0) is 22.0 Å². The summed E-state index contributed by atoms with van der Waals surface area (Å²) in [5, 5.41) is 0.780. The highest BCUT2D eigenvalue weighted by Crippen LogP contribution is 2.27. The number of benzene rings is 1. The molecule has 21 heavy (non-hydrogen) atoms. The van der Waals surface area contributed by atoms with Crippen LogP contribution in [0.15, 0.2) is 35.2 Å². The Morgan fingerprint density at radius 3 is 2.43 bits per heavy atom. The Kier molecular flexibility index (Phi) is 3.44. The molecule has 0 unspecified atom stereocenters. The number of rotatable bonds is 2. The summed E-state index contributed by atoms with van der Waals surface area (Å²) in [5.41, 5.74) is -0.0754. The monoisotopic (exact) mass is 358 g/mol. The Balaban J connectivity index is 2.16. The van der Waals surface area contributed by atoms with Gasteiger partial charge in [0, 0.05) is 33.9 Å². The van der Waals surface area contributed by atoms with Crippen LogP contribution >= 0.6 is 15.9 Å². The number of halogens is 5. The zero-order valence-corrected chi connectivity index (χ0v) is 12.0. The molecule has 0 fully saturated rings. The van der Waals surface area contributed by atoms with Gasteiger partial charge in [0.15, 0.2) is 23.3 Å². The van der Waals surface area contributed by atoms with E-state index in [0.29, 0.717) is 9.99 Å². The van der Waals surface area contributed by atoms with E-state index in [1.807, 2.05) is 0 Å². The Morgan fingerprint density at radius 2 is 1.76 bits per heavy atom. The predicted octanol–water partition coefficient (Wildman–Crippen LogP) is 4.40. The first-order valence-electron chi connectivity index (χ1n) is 5.89. The molecule has 0 bridgehead atoms. The number of pyridine rings is 1. The van der Waals surface area contributed by atoms with Crippen LogP contribution in [0.5, 0.6) is 0 Å². The molecule has 3 rings (SSSR count). The lowest BCUT2D eigenvalue weighted by molar-refractivity contribution is 0.435. The van der Waals surface area contributed by atoms with Crippen LogP contribution in [-0.2, 0) is 6.54 Å². The molecule has 1 aromatic carbocycles. The molecule has 0 atom stereocenters. The fraction of sp³-hybridized carbons (Fsp3) is 0.0714. The van der Waals surface area contributed by atoms with Gasteiger partial charge in [0.25, 0.3) is 0 Å². The van der Waals surface area contributed by atoms with E-state index in [1.54, 1.807) is 18.5 Å². The van der Waals surface area contributed by atoms with Gasteiger partial charge in [-0.25, -0.2) is 17.6 Å². The van der Waals surface area contributed by atoms with Crippen molar-refractivity contribution in [3.05, 3.63) is 64.0 Å². The van der Waals surface area contributed by atoms with Gasteiger partial charge < -0.3 is 4.57 Å². The smallest absolute Gasteiger partial charge is 0.166 e. The summed E-state index contributed by atoms with van der Waals surface area (Å²) in [5.74, 6) is -5.62. The second-order valence-electron chi connectivity index (χ2n) is 4.44. The number of nitrogens with zero attached hydrogens (tertiary/aromatic N) is 2. The fourth-order valence-electron chi connectivity index (χ4n) is 2.16. The minimum atomic E-state index is -1.42. The van der Waals surface area contributed by atoms with Gasteiger partial charge in [-0.2, -0.15) is 0 Å². The standard InChI is InChI=1S/C14H7BrF4N2/c15-9-6-21(12-4-20-2-1-7(9)12)5-8-13(18)10(16)3-11(17)14(8)19/h1-4,6H,5H2. The van der Waals surface area contributed by atoms with Crippen molar-refractivity contribution < 1.29 is 17.6 Å². The maximum atomic E-state index is 13.7. The molecule has 0 aliphatic carbocycles. The van der Waals surface area contributed by atoms with Gasteiger partial charge in [-0.3, -0.25) is 4.98 Å². The van der Waals surface area contributed by atoms with Gasteiger partial charge in [-0.15, -0.1) is 0 Å². The van der Waals surface area contributed by atoms with Crippen LogP contribution in [0.4, 0.5) is 17.6 Å². The van der Waals surface area contributed by atoms with Crippen LogP contribution < -0.4 is 0 Å². The number of fused-ring (bicyclic) bond motifs is 1. The largest absolute Gasteiger partial charge is 0.340 e. The lowest BCUT2D eigenvalue weighted by Crippen LogP contribution is -2.07. The minimum Gasteiger partial charge on any atom is -0.340 e. The highest BCUT2D eigenvalue weighted by atomic mass is 79.9. The average Bonchev–Trinajstić information content (AvgIpc) is 2.79. The van der Waals surface area contributed by atoms with E-state index < -0.39 is 28.8 Å². The third-order valence-corrected chi connectivity index (χ3v) is 3.80. The van der Waals surface area contributed by atoms with E-state index in [2.05, 4.69) is 20.9 Å². The van der Waals surface area contributed by atoms with Crippen LogP contribution in [-0.4, -0.2) is 9.55 Å². The second-order valence-corrected chi connectivity index (χ2v) is 5.30. The van der Waals surface area contributed by atoms with Crippen molar-refractivity contribution in [2.75, 3.05) is 0 Å². The Bertz CT molecular complexity index is 818. The van der Waals surface area contributed by atoms with Gasteiger partial charge in [0.1, 0.15) is 0 Å². The summed E-state index contributed by atoms with van der Waals surface area (Å²) in [7, 11) is 0. The molecule has 0 amide bonds. The summed E-state index contributed by atoms with van der Waals surface area (Å²) in [6, 6.07) is 1.91. The molecule has 2 heterocycles. The maximum Gasteiger partial charge on any atom is 0.166 e. The summed E-state index contributed by atoms with van der Waals surface area (Å²) >= 11 is 3.31. The van der Waals surface area contributed by atoms with Crippen LogP contribution in [0.1, 0.15) is 5.56 Å². The molecule has 0 saturated heterocycles. The lowest BCUT2D eigenvalue weighted by atomic mass is 10.1.